The highest BCUT2D eigenvalue weighted by Crippen LogP contribution is 2.35. The Morgan fingerprint density at radius 3 is 2.38 bits per heavy atom. The van der Waals surface area contributed by atoms with Crippen LogP contribution in [0.25, 0.3) is 0 Å². The summed E-state index contributed by atoms with van der Waals surface area (Å²) in [7, 11) is 3.57. The Morgan fingerprint density at radius 1 is 1.03 bits per heavy atom. The van der Waals surface area contributed by atoms with Crippen LogP contribution in [-0.4, -0.2) is 56.3 Å². The van der Waals surface area contributed by atoms with Crippen LogP contribution >= 0.6 is 24.0 Å². The van der Waals surface area contributed by atoms with Gasteiger partial charge in [0.2, 0.25) is 0 Å². The van der Waals surface area contributed by atoms with Crippen LogP contribution in [0.15, 0.2) is 23.2 Å². The van der Waals surface area contributed by atoms with Gasteiger partial charge in [0.15, 0.2) is 17.5 Å². The average molecular weight is 557 g/mol. The number of hydrogen-bond acceptors (Lipinski definition) is 4. The first-order valence-electron chi connectivity index (χ1n) is 12.3. The first kappa shape index (κ1) is 25.4. The zero-order valence-corrected chi connectivity index (χ0v) is 22.1. The third-order valence-corrected chi connectivity index (χ3v) is 7.25. The number of rotatable bonds is 7. The fourth-order valence-electron chi connectivity index (χ4n) is 5.41. The van der Waals surface area contributed by atoms with E-state index in [1.807, 2.05) is 19.2 Å². The van der Waals surface area contributed by atoms with Crippen molar-refractivity contribution >= 4 is 29.9 Å². The van der Waals surface area contributed by atoms with E-state index in [4.69, 9.17) is 9.47 Å². The monoisotopic (exact) mass is 556 g/mol. The van der Waals surface area contributed by atoms with E-state index in [-0.39, 0.29) is 24.0 Å². The highest BCUT2D eigenvalue weighted by Gasteiger charge is 2.27. The van der Waals surface area contributed by atoms with Crippen molar-refractivity contribution in [2.75, 3.05) is 27.2 Å². The molecule has 1 aliphatic heterocycles. The summed E-state index contributed by atoms with van der Waals surface area (Å²) in [5.74, 6) is 2.56. The second-order valence-electron chi connectivity index (χ2n) is 9.29. The fourth-order valence-corrected chi connectivity index (χ4v) is 5.41. The van der Waals surface area contributed by atoms with Crippen LogP contribution in [-0.2, 0) is 6.54 Å². The lowest BCUT2D eigenvalue weighted by molar-refractivity contribution is 0.150. The number of benzene rings is 1. The van der Waals surface area contributed by atoms with Crippen LogP contribution in [0.1, 0.15) is 69.8 Å². The molecule has 2 aliphatic carbocycles. The molecule has 0 spiro atoms. The van der Waals surface area contributed by atoms with Gasteiger partial charge >= 0.3 is 0 Å². The van der Waals surface area contributed by atoms with Gasteiger partial charge in [-0.05, 0) is 57.4 Å². The molecule has 2 N–H and O–H groups in total. The van der Waals surface area contributed by atoms with Gasteiger partial charge in [-0.3, -0.25) is 4.99 Å². The van der Waals surface area contributed by atoms with Crippen LogP contribution in [0, 0.1) is 0 Å². The third-order valence-electron chi connectivity index (χ3n) is 7.25. The molecule has 0 unspecified atom stereocenters. The molecule has 3 aliphatic rings. The highest BCUT2D eigenvalue weighted by molar-refractivity contribution is 14.0. The molecule has 2 saturated carbocycles. The molecule has 180 valence electrons. The molecule has 6 nitrogen and oxygen atoms in total. The Balaban J connectivity index is 0.00000289. The zero-order chi connectivity index (χ0) is 21.5. The molecule has 7 heteroatoms. The summed E-state index contributed by atoms with van der Waals surface area (Å²) < 4.78 is 12.0. The maximum Gasteiger partial charge on any atom is 0.191 e. The summed E-state index contributed by atoms with van der Waals surface area (Å²) in [6, 6.07) is 7.46. The Morgan fingerprint density at radius 2 is 1.72 bits per heavy atom. The third kappa shape index (κ3) is 6.65. The normalized spacial score (nSPS) is 21.4. The molecule has 32 heavy (non-hydrogen) atoms. The highest BCUT2D eigenvalue weighted by atomic mass is 127. The van der Waals surface area contributed by atoms with E-state index in [1.165, 1.54) is 64.5 Å². The SMILES string of the molecule is CN=C(NCc1cccc(OC)c1OC1CCCC1)NC1CCN(C2CCCC2)CC1.I. The summed E-state index contributed by atoms with van der Waals surface area (Å²) in [6.07, 6.45) is 13.1. The number of ether oxygens (including phenoxy) is 2. The Labute approximate surface area is 210 Å². The molecule has 0 atom stereocenters. The molecular formula is C25H41IN4O2. The van der Waals surface area contributed by atoms with E-state index in [1.54, 1.807) is 7.11 Å². The summed E-state index contributed by atoms with van der Waals surface area (Å²) in [5, 5.41) is 7.15. The van der Waals surface area contributed by atoms with E-state index in [2.05, 4.69) is 26.6 Å². The Hall–Kier alpha value is -1.22. The van der Waals surface area contributed by atoms with E-state index >= 15 is 0 Å². The summed E-state index contributed by atoms with van der Waals surface area (Å²) in [5.41, 5.74) is 1.12. The van der Waals surface area contributed by atoms with Crippen molar-refractivity contribution in [1.29, 1.82) is 0 Å². The molecule has 0 aromatic heterocycles. The number of hydrogen-bond donors (Lipinski definition) is 2. The minimum Gasteiger partial charge on any atom is -0.493 e. The van der Waals surface area contributed by atoms with Crippen LogP contribution in [0.5, 0.6) is 11.5 Å². The largest absolute Gasteiger partial charge is 0.493 e. The van der Waals surface area contributed by atoms with Crippen molar-refractivity contribution in [3.8, 4) is 11.5 Å². The van der Waals surface area contributed by atoms with Crippen LogP contribution < -0.4 is 20.1 Å². The molecule has 0 amide bonds. The topological polar surface area (TPSA) is 58.1 Å². The van der Waals surface area contributed by atoms with E-state index in [0.717, 1.165) is 41.9 Å². The Bertz CT molecular complexity index is 725. The van der Waals surface area contributed by atoms with Crippen molar-refractivity contribution in [2.24, 2.45) is 4.99 Å². The van der Waals surface area contributed by atoms with Crippen LogP contribution in [0.2, 0.25) is 0 Å². The van der Waals surface area contributed by atoms with Crippen LogP contribution in [0.3, 0.4) is 0 Å². The van der Waals surface area contributed by atoms with E-state index < -0.39 is 0 Å². The molecule has 1 saturated heterocycles. The molecule has 1 heterocycles. The van der Waals surface area contributed by atoms with Crippen molar-refractivity contribution in [3.05, 3.63) is 23.8 Å². The standard InChI is InChI=1S/C25H40N4O2.HI/c1-26-25(28-20-14-16-29(17-15-20)21-9-3-4-10-21)27-18-19-8-7-13-23(30-2)24(19)31-22-11-5-6-12-22;/h7-8,13,20-22H,3-6,9-12,14-18H2,1-2H3,(H2,26,27,28);1H. The number of para-hydroxylation sites is 1. The van der Waals surface area contributed by atoms with Gasteiger partial charge in [0.25, 0.3) is 0 Å². The molecular weight excluding hydrogens is 515 g/mol. The molecule has 4 rings (SSSR count). The lowest BCUT2D eigenvalue weighted by Crippen LogP contribution is -2.50. The van der Waals surface area contributed by atoms with E-state index in [0.29, 0.717) is 18.7 Å². The maximum absolute atomic E-state index is 6.37. The lowest BCUT2D eigenvalue weighted by Gasteiger charge is -2.36. The molecule has 3 fully saturated rings. The van der Waals surface area contributed by atoms with E-state index in [9.17, 15) is 0 Å². The van der Waals surface area contributed by atoms with Crippen molar-refractivity contribution in [3.63, 3.8) is 0 Å². The maximum atomic E-state index is 6.37. The predicted molar refractivity (Wildman–Crippen MR) is 141 cm³/mol. The van der Waals surface area contributed by atoms with Crippen molar-refractivity contribution < 1.29 is 9.47 Å². The summed E-state index contributed by atoms with van der Waals surface area (Å²) in [6.45, 7) is 3.07. The quantitative estimate of drug-likeness (QED) is 0.290. The number of guanidine groups is 1. The predicted octanol–water partition coefficient (Wildman–Crippen LogP) is 4.71. The number of nitrogens with zero attached hydrogens (tertiary/aromatic N) is 2. The molecule has 0 bridgehead atoms. The summed E-state index contributed by atoms with van der Waals surface area (Å²) >= 11 is 0. The van der Waals surface area contributed by atoms with Gasteiger partial charge in [0.05, 0.1) is 13.2 Å². The first-order valence-corrected chi connectivity index (χ1v) is 12.3. The second kappa shape index (κ2) is 12.9. The molecule has 1 aromatic rings. The van der Waals surface area contributed by atoms with Gasteiger partial charge in [0, 0.05) is 44.3 Å². The number of piperidine rings is 1. The molecule has 0 radical (unpaired) electrons. The number of halogens is 1. The number of methoxy groups -OCH3 is 1. The smallest absolute Gasteiger partial charge is 0.191 e. The molecule has 1 aromatic carbocycles. The van der Waals surface area contributed by atoms with Gasteiger partial charge < -0.3 is 25.0 Å². The number of likely N-dealkylation sites (tertiary alicyclic amines) is 1. The minimum atomic E-state index is 0. The fraction of sp³-hybridized carbons (Fsp3) is 0.720. The van der Waals surface area contributed by atoms with Gasteiger partial charge in [-0.25, -0.2) is 0 Å². The Kier molecular flexibility index (Phi) is 10.2. The van der Waals surface area contributed by atoms with Crippen molar-refractivity contribution in [2.45, 2.75) is 88.9 Å². The second-order valence-corrected chi connectivity index (χ2v) is 9.29. The van der Waals surface area contributed by atoms with Gasteiger partial charge in [0.1, 0.15) is 0 Å². The van der Waals surface area contributed by atoms with Crippen molar-refractivity contribution in [1.82, 2.24) is 15.5 Å². The number of aliphatic imine (C=N–C) groups is 1. The lowest BCUT2D eigenvalue weighted by atomic mass is 10.0. The average Bonchev–Trinajstić information content (AvgIpc) is 3.52. The summed E-state index contributed by atoms with van der Waals surface area (Å²) in [4.78, 5) is 7.19. The minimum absolute atomic E-state index is 0. The van der Waals surface area contributed by atoms with Gasteiger partial charge in [-0.1, -0.05) is 25.0 Å². The van der Waals surface area contributed by atoms with Gasteiger partial charge in [-0.2, -0.15) is 0 Å². The zero-order valence-electron chi connectivity index (χ0n) is 19.8. The van der Waals surface area contributed by atoms with Crippen LogP contribution in [0.4, 0.5) is 0 Å². The number of nitrogens with one attached hydrogen (secondary N) is 2. The van der Waals surface area contributed by atoms with Gasteiger partial charge in [-0.15, -0.1) is 24.0 Å². The first-order chi connectivity index (χ1) is 15.3.